The quantitative estimate of drug-likeness (QED) is 0.417. The third-order valence-electron chi connectivity index (χ3n) is 4.08. The normalized spacial score (nSPS) is 11.2. The summed E-state index contributed by atoms with van der Waals surface area (Å²) in [6.45, 7) is 2.59. The van der Waals surface area contributed by atoms with Crippen molar-refractivity contribution in [2.75, 3.05) is 41.5 Å². The van der Waals surface area contributed by atoms with Gasteiger partial charge in [0.2, 0.25) is 0 Å². The van der Waals surface area contributed by atoms with Crippen LogP contribution in [-0.2, 0) is 17.8 Å². The second kappa shape index (κ2) is 11.1. The Morgan fingerprint density at radius 1 is 0.926 bits per heavy atom. The van der Waals surface area contributed by atoms with Crippen LogP contribution in [0.3, 0.4) is 0 Å². The fourth-order valence-electron chi connectivity index (χ4n) is 2.59. The summed E-state index contributed by atoms with van der Waals surface area (Å²) in [6.07, 6.45) is 0. The van der Waals surface area contributed by atoms with Gasteiger partial charge in [0.1, 0.15) is 18.1 Å². The molecule has 0 spiro atoms. The molecule has 1 N–H and O–H groups in total. The molecule has 0 aliphatic carbocycles. The van der Waals surface area contributed by atoms with Gasteiger partial charge < -0.3 is 24.4 Å². The van der Waals surface area contributed by atoms with E-state index in [1.807, 2.05) is 43.4 Å². The molecule has 0 amide bonds. The van der Waals surface area contributed by atoms with E-state index in [0.717, 1.165) is 29.6 Å². The summed E-state index contributed by atoms with van der Waals surface area (Å²) in [4.78, 5) is 6.46. The number of benzene rings is 2. The third-order valence-corrected chi connectivity index (χ3v) is 4.08. The molecule has 0 saturated heterocycles. The molecule has 2 aromatic rings. The van der Waals surface area contributed by atoms with Crippen molar-refractivity contribution in [2.24, 2.45) is 4.99 Å². The van der Waals surface area contributed by atoms with Crippen LogP contribution in [0.1, 0.15) is 11.1 Å². The Kier molecular flexibility index (Phi) is 8.45. The third kappa shape index (κ3) is 6.83. The molecule has 0 aromatic heterocycles. The largest absolute Gasteiger partial charge is 0.497 e. The number of hydrogen-bond acceptors (Lipinski definition) is 4. The highest BCUT2D eigenvalue weighted by Gasteiger charge is 2.07. The minimum atomic E-state index is 0.552. The summed E-state index contributed by atoms with van der Waals surface area (Å²) in [5.74, 6) is 2.54. The maximum absolute atomic E-state index is 5.58. The van der Waals surface area contributed by atoms with Crippen molar-refractivity contribution in [3.8, 4) is 11.5 Å². The number of nitrogens with zero attached hydrogens (tertiary/aromatic N) is 2. The fraction of sp³-hybridized carbons (Fsp3) is 0.381. The first-order valence-electron chi connectivity index (χ1n) is 8.91. The van der Waals surface area contributed by atoms with Crippen molar-refractivity contribution in [1.82, 2.24) is 10.2 Å². The van der Waals surface area contributed by atoms with Crippen molar-refractivity contribution in [3.63, 3.8) is 0 Å². The van der Waals surface area contributed by atoms with Crippen LogP contribution in [0, 0.1) is 0 Å². The molecule has 6 nitrogen and oxygen atoms in total. The molecule has 0 heterocycles. The van der Waals surface area contributed by atoms with E-state index in [1.165, 1.54) is 5.56 Å². The minimum absolute atomic E-state index is 0.552. The molecule has 6 heteroatoms. The molecule has 2 aromatic carbocycles. The summed E-state index contributed by atoms with van der Waals surface area (Å²) in [5, 5.41) is 3.39. The highest BCUT2D eigenvalue weighted by atomic mass is 16.5. The van der Waals surface area contributed by atoms with E-state index in [-0.39, 0.29) is 0 Å². The van der Waals surface area contributed by atoms with Gasteiger partial charge in [-0.3, -0.25) is 4.99 Å². The topological polar surface area (TPSA) is 55.3 Å². The number of hydrogen-bond donors (Lipinski definition) is 1. The minimum Gasteiger partial charge on any atom is -0.497 e. The van der Waals surface area contributed by atoms with Gasteiger partial charge in [0, 0.05) is 34.3 Å². The molecule has 0 bridgehead atoms. The number of methoxy groups -OCH3 is 2. The number of ether oxygens (including phenoxy) is 3. The van der Waals surface area contributed by atoms with E-state index in [4.69, 9.17) is 14.2 Å². The molecule has 0 aliphatic rings. The molecular formula is C21H29N3O3. The SMILES string of the molecule is CN=C(NCc1ccc(OCCOC)cc1)N(C)Cc1ccc(OC)cc1. The Bertz CT molecular complexity index is 700. The first-order chi connectivity index (χ1) is 13.2. The van der Waals surface area contributed by atoms with Gasteiger partial charge in [-0.15, -0.1) is 0 Å². The lowest BCUT2D eigenvalue weighted by Gasteiger charge is -2.22. The van der Waals surface area contributed by atoms with E-state index in [1.54, 1.807) is 21.3 Å². The summed E-state index contributed by atoms with van der Waals surface area (Å²) in [5.41, 5.74) is 2.35. The zero-order chi connectivity index (χ0) is 19.5. The Morgan fingerprint density at radius 3 is 2.15 bits per heavy atom. The van der Waals surface area contributed by atoms with Crippen LogP contribution in [0.25, 0.3) is 0 Å². The molecule has 2 rings (SSSR count). The Labute approximate surface area is 161 Å². The van der Waals surface area contributed by atoms with E-state index >= 15 is 0 Å². The van der Waals surface area contributed by atoms with Gasteiger partial charge in [-0.2, -0.15) is 0 Å². The van der Waals surface area contributed by atoms with E-state index < -0.39 is 0 Å². The molecule has 146 valence electrons. The van der Waals surface area contributed by atoms with Crippen LogP contribution in [0.15, 0.2) is 53.5 Å². The van der Waals surface area contributed by atoms with Gasteiger partial charge in [-0.05, 0) is 35.4 Å². The van der Waals surface area contributed by atoms with Crippen molar-refractivity contribution in [1.29, 1.82) is 0 Å². The highest BCUT2D eigenvalue weighted by molar-refractivity contribution is 5.79. The van der Waals surface area contributed by atoms with Crippen molar-refractivity contribution < 1.29 is 14.2 Å². The highest BCUT2D eigenvalue weighted by Crippen LogP contribution is 2.14. The predicted octanol–water partition coefficient (Wildman–Crippen LogP) is 2.93. The molecule has 0 saturated carbocycles. The molecule has 27 heavy (non-hydrogen) atoms. The average Bonchev–Trinajstić information content (AvgIpc) is 2.70. The zero-order valence-electron chi connectivity index (χ0n) is 16.6. The summed E-state index contributed by atoms with van der Waals surface area (Å²) in [6, 6.07) is 16.1. The number of aliphatic imine (C=N–C) groups is 1. The standard InChI is InChI=1S/C21H29N3O3/c1-22-21(24(2)16-18-7-9-19(26-4)10-8-18)23-15-17-5-11-20(12-6-17)27-14-13-25-3/h5-12H,13-16H2,1-4H3,(H,22,23). The van der Waals surface area contributed by atoms with E-state index in [0.29, 0.717) is 19.8 Å². The second-order valence-corrected chi connectivity index (χ2v) is 6.09. The molecular weight excluding hydrogens is 342 g/mol. The van der Waals surface area contributed by atoms with Crippen molar-refractivity contribution in [2.45, 2.75) is 13.1 Å². The lowest BCUT2D eigenvalue weighted by Crippen LogP contribution is -2.38. The summed E-state index contributed by atoms with van der Waals surface area (Å²) >= 11 is 0. The van der Waals surface area contributed by atoms with Gasteiger partial charge in [0.05, 0.1) is 13.7 Å². The molecule has 0 aliphatic heterocycles. The predicted molar refractivity (Wildman–Crippen MR) is 108 cm³/mol. The van der Waals surface area contributed by atoms with Crippen LogP contribution < -0.4 is 14.8 Å². The summed E-state index contributed by atoms with van der Waals surface area (Å²) < 4.78 is 15.8. The van der Waals surface area contributed by atoms with Gasteiger partial charge in [0.25, 0.3) is 0 Å². The average molecular weight is 371 g/mol. The van der Waals surface area contributed by atoms with Gasteiger partial charge in [-0.25, -0.2) is 0 Å². The first-order valence-corrected chi connectivity index (χ1v) is 8.91. The van der Waals surface area contributed by atoms with Gasteiger partial charge in [-0.1, -0.05) is 24.3 Å². The van der Waals surface area contributed by atoms with Gasteiger partial charge >= 0.3 is 0 Å². The maximum atomic E-state index is 5.58. The van der Waals surface area contributed by atoms with E-state index in [9.17, 15) is 0 Å². The molecule has 0 fully saturated rings. The zero-order valence-corrected chi connectivity index (χ0v) is 16.6. The smallest absolute Gasteiger partial charge is 0.193 e. The Balaban J connectivity index is 1.84. The van der Waals surface area contributed by atoms with Crippen LogP contribution >= 0.6 is 0 Å². The second-order valence-electron chi connectivity index (χ2n) is 6.09. The molecule has 0 unspecified atom stereocenters. The number of guanidine groups is 1. The van der Waals surface area contributed by atoms with Crippen LogP contribution in [0.4, 0.5) is 0 Å². The maximum Gasteiger partial charge on any atom is 0.193 e. The number of rotatable bonds is 9. The van der Waals surface area contributed by atoms with Crippen LogP contribution in [-0.4, -0.2) is 52.4 Å². The van der Waals surface area contributed by atoms with E-state index in [2.05, 4.69) is 27.3 Å². The molecule has 0 radical (unpaired) electrons. The Morgan fingerprint density at radius 2 is 1.56 bits per heavy atom. The van der Waals surface area contributed by atoms with Crippen LogP contribution in [0.5, 0.6) is 11.5 Å². The number of nitrogens with one attached hydrogen (secondary N) is 1. The lowest BCUT2D eigenvalue weighted by atomic mass is 10.2. The summed E-state index contributed by atoms with van der Waals surface area (Å²) in [7, 11) is 7.15. The Hall–Kier alpha value is -2.73. The first kappa shape index (κ1) is 20.6. The lowest BCUT2D eigenvalue weighted by molar-refractivity contribution is 0.146. The van der Waals surface area contributed by atoms with Gasteiger partial charge in [0.15, 0.2) is 5.96 Å². The monoisotopic (exact) mass is 371 g/mol. The fourth-order valence-corrected chi connectivity index (χ4v) is 2.59. The van der Waals surface area contributed by atoms with Crippen LogP contribution in [0.2, 0.25) is 0 Å². The van der Waals surface area contributed by atoms with Crippen molar-refractivity contribution in [3.05, 3.63) is 59.7 Å². The molecule has 0 atom stereocenters. The van der Waals surface area contributed by atoms with Crippen molar-refractivity contribution >= 4 is 5.96 Å².